The molecular weight excluding hydrogens is 240 g/mol. The van der Waals surface area contributed by atoms with E-state index in [1.165, 1.54) is 10.5 Å². The van der Waals surface area contributed by atoms with E-state index in [1.54, 1.807) is 0 Å². The normalized spacial score (nSPS) is 31.4. The summed E-state index contributed by atoms with van der Waals surface area (Å²) in [5, 5.41) is 0. The van der Waals surface area contributed by atoms with E-state index in [1.807, 2.05) is 11.8 Å². The summed E-state index contributed by atoms with van der Waals surface area (Å²) in [5.74, 6) is 3.34. The molecule has 0 saturated heterocycles. The fourth-order valence-electron chi connectivity index (χ4n) is 3.32. The molecule has 3 rings (SSSR count). The Labute approximate surface area is 113 Å². The van der Waals surface area contributed by atoms with Gasteiger partial charge in [-0.15, -0.1) is 11.8 Å². The van der Waals surface area contributed by atoms with Gasteiger partial charge in [-0.05, 0) is 42.7 Å². The van der Waals surface area contributed by atoms with Gasteiger partial charge in [-0.2, -0.15) is 0 Å². The van der Waals surface area contributed by atoms with Gasteiger partial charge in [0, 0.05) is 23.0 Å². The van der Waals surface area contributed by atoms with Crippen LogP contribution in [0.4, 0.5) is 0 Å². The maximum absolute atomic E-state index is 12.0. The monoisotopic (exact) mass is 260 g/mol. The van der Waals surface area contributed by atoms with Gasteiger partial charge in [-0.3, -0.25) is 4.79 Å². The Bertz CT molecular complexity index is 454. The van der Waals surface area contributed by atoms with Gasteiger partial charge in [0.1, 0.15) is 5.78 Å². The molecule has 1 saturated carbocycles. The van der Waals surface area contributed by atoms with Crippen LogP contribution in [0.5, 0.6) is 0 Å². The predicted molar refractivity (Wildman–Crippen MR) is 76.0 cm³/mol. The lowest BCUT2D eigenvalue weighted by atomic mass is 9.76. The molecule has 1 fully saturated rings. The Hall–Kier alpha value is -0.760. The summed E-state index contributed by atoms with van der Waals surface area (Å²) in [5.41, 5.74) is 1.48. The van der Waals surface area contributed by atoms with Crippen LogP contribution < -0.4 is 0 Å². The van der Waals surface area contributed by atoms with Gasteiger partial charge in [-0.1, -0.05) is 25.1 Å². The number of hydrogen-bond acceptors (Lipinski definition) is 2. The zero-order chi connectivity index (χ0) is 12.5. The quantitative estimate of drug-likeness (QED) is 0.790. The minimum Gasteiger partial charge on any atom is -0.299 e. The summed E-state index contributed by atoms with van der Waals surface area (Å²) in [7, 11) is 0. The Morgan fingerprint density at radius 3 is 3.00 bits per heavy atom. The van der Waals surface area contributed by atoms with E-state index in [0.717, 1.165) is 37.4 Å². The molecule has 1 aromatic rings. The number of rotatable bonds is 2. The molecule has 1 nitrogen and oxygen atoms in total. The fraction of sp³-hybridized carbons (Fsp3) is 0.562. The molecule has 0 bridgehead atoms. The third kappa shape index (κ3) is 2.35. The van der Waals surface area contributed by atoms with Crippen molar-refractivity contribution in [3.63, 3.8) is 0 Å². The molecule has 1 heterocycles. The van der Waals surface area contributed by atoms with Gasteiger partial charge in [-0.25, -0.2) is 0 Å². The first kappa shape index (κ1) is 12.3. The molecule has 3 atom stereocenters. The second kappa shape index (κ2) is 5.08. The Morgan fingerprint density at radius 2 is 2.11 bits per heavy atom. The van der Waals surface area contributed by atoms with Crippen LogP contribution in [0.15, 0.2) is 29.2 Å². The molecule has 3 unspecified atom stereocenters. The summed E-state index contributed by atoms with van der Waals surface area (Å²) >= 11 is 1.96. The maximum Gasteiger partial charge on any atom is 0.136 e. The molecule has 2 aliphatic rings. The van der Waals surface area contributed by atoms with Crippen LogP contribution in [0.2, 0.25) is 0 Å². The number of carbonyl (C=O) groups is 1. The van der Waals surface area contributed by atoms with Gasteiger partial charge in [0.05, 0.1) is 0 Å². The minimum absolute atomic E-state index is 0.325. The average Bonchev–Trinajstić information content (AvgIpc) is 2.78. The Kier molecular flexibility index (Phi) is 3.47. The number of Topliss-reactive ketones (excluding diaryl/α,β-unsaturated/α-hetero) is 1. The fourth-order valence-corrected chi connectivity index (χ4v) is 4.60. The average molecular weight is 260 g/mol. The van der Waals surface area contributed by atoms with Gasteiger partial charge in [0.2, 0.25) is 0 Å². The van der Waals surface area contributed by atoms with Gasteiger partial charge >= 0.3 is 0 Å². The van der Waals surface area contributed by atoms with Crippen molar-refractivity contribution in [2.45, 2.75) is 43.4 Å². The molecule has 0 N–H and O–H groups in total. The second-order valence-electron chi connectivity index (χ2n) is 5.82. The summed E-state index contributed by atoms with van der Waals surface area (Å²) in [6.45, 7) is 2.29. The van der Waals surface area contributed by atoms with Crippen LogP contribution in [0.3, 0.4) is 0 Å². The van der Waals surface area contributed by atoms with Crippen molar-refractivity contribution in [1.82, 2.24) is 0 Å². The second-order valence-corrected chi connectivity index (χ2v) is 6.89. The first-order valence-electron chi connectivity index (χ1n) is 6.98. The molecule has 1 aliphatic heterocycles. The van der Waals surface area contributed by atoms with E-state index < -0.39 is 0 Å². The molecule has 0 amide bonds. The van der Waals surface area contributed by atoms with Crippen LogP contribution in [0, 0.1) is 11.8 Å². The van der Waals surface area contributed by atoms with E-state index in [0.29, 0.717) is 17.6 Å². The van der Waals surface area contributed by atoms with Crippen molar-refractivity contribution in [1.29, 1.82) is 0 Å². The highest BCUT2D eigenvalue weighted by Crippen LogP contribution is 2.44. The highest BCUT2D eigenvalue weighted by molar-refractivity contribution is 7.99. The van der Waals surface area contributed by atoms with E-state index in [4.69, 9.17) is 0 Å². The first-order chi connectivity index (χ1) is 8.74. The molecule has 96 valence electrons. The third-order valence-corrected chi connectivity index (χ3v) is 5.65. The topological polar surface area (TPSA) is 17.1 Å². The number of hydrogen-bond donors (Lipinski definition) is 0. The maximum atomic E-state index is 12.0. The lowest BCUT2D eigenvalue weighted by molar-refractivity contribution is -0.125. The van der Waals surface area contributed by atoms with Gasteiger partial charge in [0.15, 0.2) is 0 Å². The summed E-state index contributed by atoms with van der Waals surface area (Å²) in [4.78, 5) is 13.5. The number of carbonyl (C=O) groups excluding carboxylic acids is 1. The molecule has 18 heavy (non-hydrogen) atoms. The van der Waals surface area contributed by atoms with Crippen LogP contribution in [-0.2, 0) is 4.79 Å². The Morgan fingerprint density at radius 1 is 1.28 bits per heavy atom. The lowest BCUT2D eigenvalue weighted by Gasteiger charge is -2.27. The zero-order valence-electron chi connectivity index (χ0n) is 10.9. The predicted octanol–water partition coefficient (Wildman–Crippen LogP) is 4.27. The molecule has 0 spiro atoms. The van der Waals surface area contributed by atoms with Crippen molar-refractivity contribution < 1.29 is 4.79 Å². The van der Waals surface area contributed by atoms with Crippen LogP contribution >= 0.6 is 11.8 Å². The molecule has 1 aliphatic carbocycles. The van der Waals surface area contributed by atoms with Crippen molar-refractivity contribution in [3.8, 4) is 0 Å². The molecular formula is C16H20OS. The first-order valence-corrected chi connectivity index (χ1v) is 7.97. The minimum atomic E-state index is 0.325. The smallest absolute Gasteiger partial charge is 0.136 e. The molecule has 0 aromatic heterocycles. The van der Waals surface area contributed by atoms with Gasteiger partial charge in [0.25, 0.3) is 0 Å². The number of benzene rings is 1. The van der Waals surface area contributed by atoms with Crippen LogP contribution in [0.1, 0.15) is 44.1 Å². The van der Waals surface area contributed by atoms with E-state index in [2.05, 4.69) is 31.2 Å². The zero-order valence-corrected chi connectivity index (χ0v) is 11.7. The molecule has 1 aromatic carbocycles. The summed E-state index contributed by atoms with van der Waals surface area (Å²) in [6.07, 6.45) is 4.11. The highest BCUT2D eigenvalue weighted by atomic mass is 32.2. The standard InChI is InChI=1S/C16H20OS/c1-11-6-7-15(17)12(8-11)9-13-10-18-16-5-3-2-4-14(13)16/h2-5,11-13H,6-10H2,1H3. The van der Waals surface area contributed by atoms with Crippen LogP contribution in [-0.4, -0.2) is 11.5 Å². The van der Waals surface area contributed by atoms with Crippen LogP contribution in [0.25, 0.3) is 0 Å². The van der Waals surface area contributed by atoms with Crippen molar-refractivity contribution >= 4 is 17.5 Å². The molecule has 2 heteroatoms. The SMILES string of the molecule is CC1CCC(=O)C(CC2CSc3ccccc32)C1. The van der Waals surface area contributed by atoms with Crippen molar-refractivity contribution in [3.05, 3.63) is 29.8 Å². The van der Waals surface area contributed by atoms with Gasteiger partial charge < -0.3 is 0 Å². The number of thioether (sulfide) groups is 1. The van der Waals surface area contributed by atoms with E-state index >= 15 is 0 Å². The lowest BCUT2D eigenvalue weighted by Crippen LogP contribution is -2.25. The highest BCUT2D eigenvalue weighted by Gasteiger charge is 2.31. The largest absolute Gasteiger partial charge is 0.299 e. The molecule has 0 radical (unpaired) electrons. The third-order valence-electron chi connectivity index (χ3n) is 4.39. The number of fused-ring (bicyclic) bond motifs is 1. The van der Waals surface area contributed by atoms with E-state index in [-0.39, 0.29) is 0 Å². The summed E-state index contributed by atoms with van der Waals surface area (Å²) in [6, 6.07) is 8.70. The van der Waals surface area contributed by atoms with E-state index in [9.17, 15) is 4.79 Å². The summed E-state index contributed by atoms with van der Waals surface area (Å²) < 4.78 is 0. The Balaban J connectivity index is 1.72. The number of ketones is 1. The van der Waals surface area contributed by atoms with Crippen molar-refractivity contribution in [2.75, 3.05) is 5.75 Å². The van der Waals surface area contributed by atoms with Crippen molar-refractivity contribution in [2.24, 2.45) is 11.8 Å².